The van der Waals surface area contributed by atoms with E-state index in [9.17, 15) is 19.5 Å². The average Bonchev–Trinajstić information content (AvgIpc) is 2.96. The number of aromatic hydroxyl groups is 1. The van der Waals surface area contributed by atoms with Crippen molar-refractivity contribution < 1.29 is 24.2 Å². The van der Waals surface area contributed by atoms with Crippen molar-refractivity contribution in [2.75, 3.05) is 18.5 Å². The van der Waals surface area contributed by atoms with Crippen LogP contribution in [0.15, 0.2) is 29.2 Å². The number of hydrogen-bond donors (Lipinski definition) is 2. The van der Waals surface area contributed by atoms with Gasteiger partial charge in [-0.05, 0) is 74.4 Å². The molecule has 1 heterocycles. The number of thioether (sulfide) groups is 1. The van der Waals surface area contributed by atoms with Crippen molar-refractivity contribution in [3.05, 3.63) is 56.4 Å². The summed E-state index contributed by atoms with van der Waals surface area (Å²) in [5, 5.41) is 12.3. The molecule has 0 saturated carbocycles. The van der Waals surface area contributed by atoms with Gasteiger partial charge < -0.3 is 15.2 Å². The molecule has 1 aliphatic heterocycles. The second-order valence-electron chi connectivity index (χ2n) is 7.37. The number of imide groups is 1. The van der Waals surface area contributed by atoms with Gasteiger partial charge in [-0.15, -0.1) is 0 Å². The second-order valence-corrected chi connectivity index (χ2v) is 8.77. The molecule has 9 heteroatoms. The molecule has 0 radical (unpaired) electrons. The molecule has 2 N–H and O–H groups in total. The Hall–Kier alpha value is -2.97. The number of amides is 3. The lowest BCUT2D eigenvalue weighted by Gasteiger charge is -2.16. The van der Waals surface area contributed by atoms with Gasteiger partial charge in [-0.1, -0.05) is 29.3 Å². The summed E-state index contributed by atoms with van der Waals surface area (Å²) in [6.45, 7) is 7.43. The van der Waals surface area contributed by atoms with Gasteiger partial charge in [0.05, 0.1) is 16.5 Å². The molecule has 3 amide bonds. The number of hydrogen-bond acceptors (Lipinski definition) is 6. The van der Waals surface area contributed by atoms with Crippen LogP contribution in [0.3, 0.4) is 0 Å². The SMILES string of the molecule is CCOc1cc(/C=C2\SC(=O)N(CC(=O)Nc3c(C)cc(C)cc3C)C2=O)cc(Cl)c1O. The van der Waals surface area contributed by atoms with E-state index in [1.807, 2.05) is 32.9 Å². The Morgan fingerprint density at radius 1 is 1.19 bits per heavy atom. The highest BCUT2D eigenvalue weighted by Crippen LogP contribution is 2.38. The van der Waals surface area contributed by atoms with Crippen molar-refractivity contribution in [3.63, 3.8) is 0 Å². The van der Waals surface area contributed by atoms with Crippen LogP contribution in [0, 0.1) is 20.8 Å². The third-order valence-electron chi connectivity index (χ3n) is 4.77. The highest BCUT2D eigenvalue weighted by molar-refractivity contribution is 8.18. The number of phenolic OH excluding ortho intramolecular Hbond substituents is 1. The summed E-state index contributed by atoms with van der Waals surface area (Å²) in [4.78, 5) is 38.8. The van der Waals surface area contributed by atoms with Gasteiger partial charge in [-0.3, -0.25) is 19.3 Å². The van der Waals surface area contributed by atoms with Gasteiger partial charge in [0.25, 0.3) is 11.1 Å². The van der Waals surface area contributed by atoms with Crippen LogP contribution in [-0.2, 0) is 9.59 Å². The lowest BCUT2D eigenvalue weighted by atomic mass is 10.1. The van der Waals surface area contributed by atoms with Crippen LogP contribution in [0.1, 0.15) is 29.2 Å². The first-order chi connectivity index (χ1) is 15.1. The molecule has 0 bridgehead atoms. The molecule has 0 unspecified atom stereocenters. The number of halogens is 1. The molecule has 1 aliphatic rings. The third kappa shape index (κ3) is 5.08. The zero-order chi connectivity index (χ0) is 23.6. The van der Waals surface area contributed by atoms with Crippen molar-refractivity contribution in [2.24, 2.45) is 0 Å². The number of carbonyl (C=O) groups is 3. The van der Waals surface area contributed by atoms with E-state index in [4.69, 9.17) is 16.3 Å². The van der Waals surface area contributed by atoms with E-state index in [-0.39, 0.29) is 21.4 Å². The minimum absolute atomic E-state index is 0.0599. The Labute approximate surface area is 195 Å². The Kier molecular flexibility index (Phi) is 7.16. The van der Waals surface area contributed by atoms with Gasteiger partial charge in [0.1, 0.15) is 6.54 Å². The third-order valence-corrected chi connectivity index (χ3v) is 5.96. The largest absolute Gasteiger partial charge is 0.503 e. The van der Waals surface area contributed by atoms with Crippen molar-refractivity contribution in [2.45, 2.75) is 27.7 Å². The van der Waals surface area contributed by atoms with Gasteiger partial charge in [-0.25, -0.2) is 0 Å². The van der Waals surface area contributed by atoms with E-state index in [2.05, 4.69) is 5.32 Å². The number of ether oxygens (including phenoxy) is 1. The summed E-state index contributed by atoms with van der Waals surface area (Å²) >= 11 is 6.77. The topological polar surface area (TPSA) is 95.9 Å². The molecule has 32 heavy (non-hydrogen) atoms. The molecule has 168 valence electrons. The van der Waals surface area contributed by atoms with Crippen molar-refractivity contribution in [1.29, 1.82) is 0 Å². The maximum absolute atomic E-state index is 12.8. The molecule has 7 nitrogen and oxygen atoms in total. The molecular weight excluding hydrogens is 452 g/mol. The first-order valence-electron chi connectivity index (χ1n) is 9.89. The molecule has 2 aromatic carbocycles. The molecule has 1 saturated heterocycles. The fourth-order valence-electron chi connectivity index (χ4n) is 3.43. The number of rotatable bonds is 6. The summed E-state index contributed by atoms with van der Waals surface area (Å²) in [6.07, 6.45) is 1.48. The van der Waals surface area contributed by atoms with Gasteiger partial charge >= 0.3 is 0 Å². The molecule has 0 aliphatic carbocycles. The van der Waals surface area contributed by atoms with Crippen molar-refractivity contribution >= 4 is 52.2 Å². The van der Waals surface area contributed by atoms with Crippen LogP contribution in [0.2, 0.25) is 5.02 Å². The summed E-state index contributed by atoms with van der Waals surface area (Å²) < 4.78 is 5.34. The first-order valence-corrected chi connectivity index (χ1v) is 11.1. The lowest BCUT2D eigenvalue weighted by molar-refractivity contribution is -0.127. The molecule has 2 aromatic rings. The smallest absolute Gasteiger partial charge is 0.294 e. The zero-order valence-corrected chi connectivity index (χ0v) is 19.7. The number of anilines is 1. The van der Waals surface area contributed by atoms with Crippen LogP contribution >= 0.6 is 23.4 Å². The van der Waals surface area contributed by atoms with Crippen LogP contribution in [0.25, 0.3) is 6.08 Å². The quantitative estimate of drug-likeness (QED) is 0.569. The fraction of sp³-hybridized carbons (Fsp3) is 0.261. The lowest BCUT2D eigenvalue weighted by Crippen LogP contribution is -2.36. The standard InChI is InChI=1S/C23H23ClN2O5S/c1-5-31-17-9-15(8-16(24)21(17)28)10-18-22(29)26(23(30)32-18)11-19(27)25-20-13(3)6-12(2)7-14(20)4/h6-10,28H,5,11H2,1-4H3,(H,25,27)/b18-10-. The van der Waals surface area contributed by atoms with Gasteiger partial charge in [-0.2, -0.15) is 0 Å². The molecule has 0 atom stereocenters. The molecule has 0 aromatic heterocycles. The van der Waals surface area contributed by atoms with Crippen LogP contribution in [0.4, 0.5) is 10.5 Å². The minimum atomic E-state index is -0.574. The van der Waals surface area contributed by atoms with Gasteiger partial charge in [0.15, 0.2) is 11.5 Å². The molecule has 1 fully saturated rings. The Morgan fingerprint density at radius 3 is 2.47 bits per heavy atom. The van der Waals surface area contributed by atoms with Crippen LogP contribution in [0.5, 0.6) is 11.5 Å². The molecule has 3 rings (SSSR count). The predicted molar refractivity (Wildman–Crippen MR) is 126 cm³/mol. The summed E-state index contributed by atoms with van der Waals surface area (Å²) in [7, 11) is 0. The number of carbonyl (C=O) groups excluding carboxylic acids is 3. The molecule has 0 spiro atoms. The number of benzene rings is 2. The summed E-state index contributed by atoms with van der Waals surface area (Å²) in [5.74, 6) is -1.06. The van der Waals surface area contributed by atoms with Gasteiger partial charge in [0, 0.05) is 5.69 Å². The first kappa shape index (κ1) is 23.7. The maximum Gasteiger partial charge on any atom is 0.294 e. The average molecular weight is 475 g/mol. The highest BCUT2D eigenvalue weighted by Gasteiger charge is 2.36. The fourth-order valence-corrected chi connectivity index (χ4v) is 4.49. The van der Waals surface area contributed by atoms with E-state index in [0.717, 1.165) is 33.4 Å². The normalized spacial score (nSPS) is 14.9. The van der Waals surface area contributed by atoms with Gasteiger partial charge in [0.2, 0.25) is 5.91 Å². The van der Waals surface area contributed by atoms with Crippen LogP contribution < -0.4 is 10.1 Å². The highest BCUT2D eigenvalue weighted by atomic mass is 35.5. The summed E-state index contributed by atoms with van der Waals surface area (Å²) in [6, 6.07) is 6.88. The van der Waals surface area contributed by atoms with E-state index in [1.165, 1.54) is 18.2 Å². The summed E-state index contributed by atoms with van der Waals surface area (Å²) in [5.41, 5.74) is 4.04. The Balaban J connectivity index is 1.77. The number of nitrogens with zero attached hydrogens (tertiary/aromatic N) is 1. The predicted octanol–water partition coefficient (Wildman–Crippen LogP) is 5.04. The van der Waals surface area contributed by atoms with E-state index >= 15 is 0 Å². The number of aryl methyl sites for hydroxylation is 3. The minimum Gasteiger partial charge on any atom is -0.503 e. The van der Waals surface area contributed by atoms with E-state index in [1.54, 1.807) is 6.92 Å². The van der Waals surface area contributed by atoms with Crippen LogP contribution in [-0.4, -0.2) is 40.2 Å². The molecular formula is C23H23ClN2O5S. The van der Waals surface area contributed by atoms with E-state index < -0.39 is 23.6 Å². The second kappa shape index (κ2) is 9.67. The Bertz CT molecular complexity index is 1120. The van der Waals surface area contributed by atoms with Crippen molar-refractivity contribution in [3.8, 4) is 11.5 Å². The van der Waals surface area contributed by atoms with Crippen molar-refractivity contribution in [1.82, 2.24) is 4.90 Å². The van der Waals surface area contributed by atoms with E-state index in [0.29, 0.717) is 17.9 Å². The zero-order valence-electron chi connectivity index (χ0n) is 18.1. The maximum atomic E-state index is 12.8. The Morgan fingerprint density at radius 2 is 1.84 bits per heavy atom. The monoisotopic (exact) mass is 474 g/mol. The number of phenols is 1. The number of nitrogens with one attached hydrogen (secondary N) is 1.